The number of hydrogen-bond acceptors (Lipinski definition) is 7. The van der Waals surface area contributed by atoms with Crippen molar-refractivity contribution in [2.24, 2.45) is 5.73 Å². The number of nitrogens with two attached hydrogens (primary N) is 1. The molecule has 0 radical (unpaired) electrons. The highest BCUT2D eigenvalue weighted by molar-refractivity contribution is 7.17. The third-order valence-corrected chi connectivity index (χ3v) is 5.84. The van der Waals surface area contributed by atoms with Crippen molar-refractivity contribution in [1.82, 2.24) is 0 Å². The lowest BCUT2D eigenvalue weighted by molar-refractivity contribution is -0.123. The third-order valence-electron chi connectivity index (χ3n) is 4.63. The van der Waals surface area contributed by atoms with E-state index in [9.17, 15) is 14.4 Å². The van der Waals surface area contributed by atoms with Crippen LogP contribution in [-0.4, -0.2) is 42.1 Å². The van der Waals surface area contributed by atoms with E-state index >= 15 is 0 Å². The first-order valence-electron chi connectivity index (χ1n) is 9.32. The number of rotatable bonds is 8. The molecule has 1 aromatic heterocycles. The zero-order valence-electron chi connectivity index (χ0n) is 16.0. The largest absolute Gasteiger partial charge is 0.449 e. The molecular weight excluding hydrogens is 394 g/mol. The number of ether oxygens (including phenoxy) is 1. The van der Waals surface area contributed by atoms with E-state index in [1.54, 1.807) is 24.3 Å². The zero-order valence-corrected chi connectivity index (χ0v) is 16.8. The number of anilines is 2. The summed E-state index contributed by atoms with van der Waals surface area (Å²) in [5.41, 5.74) is 7.53. The van der Waals surface area contributed by atoms with Crippen LogP contribution < -0.4 is 16.4 Å². The van der Waals surface area contributed by atoms with E-state index in [0.29, 0.717) is 16.3 Å². The predicted molar refractivity (Wildman–Crippen MR) is 110 cm³/mol. The van der Waals surface area contributed by atoms with Gasteiger partial charge in [0.1, 0.15) is 5.00 Å². The Balaban J connectivity index is 1.69. The fourth-order valence-corrected chi connectivity index (χ4v) is 4.55. The molecule has 2 amide bonds. The summed E-state index contributed by atoms with van der Waals surface area (Å²) in [5.74, 6) is -1.78. The normalized spacial score (nSPS) is 13.4. The van der Waals surface area contributed by atoms with Crippen LogP contribution in [0.15, 0.2) is 24.3 Å². The maximum Gasteiger partial charge on any atom is 0.341 e. The Hall–Kier alpha value is -2.91. The molecule has 1 aliphatic carbocycles. The molecule has 0 fully saturated rings. The quantitative estimate of drug-likeness (QED) is 0.486. The van der Waals surface area contributed by atoms with Gasteiger partial charge in [-0.2, -0.15) is 0 Å². The molecule has 1 atom stereocenters. The van der Waals surface area contributed by atoms with Crippen molar-refractivity contribution in [1.29, 1.82) is 0 Å². The van der Waals surface area contributed by atoms with Gasteiger partial charge >= 0.3 is 5.97 Å². The van der Waals surface area contributed by atoms with Gasteiger partial charge in [0.25, 0.3) is 11.8 Å². The van der Waals surface area contributed by atoms with Crippen LogP contribution >= 0.6 is 11.3 Å². The smallest absolute Gasteiger partial charge is 0.341 e. The number of carbonyl (C=O) groups is 3. The fourth-order valence-electron chi connectivity index (χ4n) is 3.25. The summed E-state index contributed by atoms with van der Waals surface area (Å²) < 4.78 is 5.30. The molecule has 5 N–H and O–H groups in total. The zero-order chi connectivity index (χ0) is 21.0. The van der Waals surface area contributed by atoms with Crippen molar-refractivity contribution < 1.29 is 24.2 Å². The standard InChI is InChI=1S/C20H23N3O5S/c1-11(28-20(27)12-5-2-3-7-14(12)22-9-10-24)18(26)23-19-16(17(21)25)13-6-4-8-15(13)29-19/h2-3,5,7,11,22,24H,4,6,8-10H2,1H3,(H2,21,25)(H,23,26)/t11-/m0/s1. The highest BCUT2D eigenvalue weighted by Gasteiger charge is 2.28. The minimum Gasteiger partial charge on any atom is -0.449 e. The van der Waals surface area contributed by atoms with Crippen LogP contribution in [0.4, 0.5) is 10.7 Å². The van der Waals surface area contributed by atoms with Crippen molar-refractivity contribution in [3.05, 3.63) is 45.8 Å². The van der Waals surface area contributed by atoms with Gasteiger partial charge in [-0.15, -0.1) is 11.3 Å². The lowest BCUT2D eigenvalue weighted by Crippen LogP contribution is -2.30. The first-order valence-corrected chi connectivity index (χ1v) is 10.1. The number of benzene rings is 1. The molecule has 0 saturated carbocycles. The van der Waals surface area contributed by atoms with E-state index in [-0.39, 0.29) is 18.7 Å². The molecule has 0 bridgehead atoms. The maximum atomic E-state index is 12.6. The fraction of sp³-hybridized carbons (Fsp3) is 0.350. The van der Waals surface area contributed by atoms with Gasteiger partial charge in [0.2, 0.25) is 0 Å². The molecule has 2 aromatic rings. The molecule has 3 rings (SSSR count). The van der Waals surface area contributed by atoms with Crippen LogP contribution in [0.5, 0.6) is 0 Å². The van der Waals surface area contributed by atoms with Gasteiger partial charge in [-0.25, -0.2) is 4.79 Å². The lowest BCUT2D eigenvalue weighted by Gasteiger charge is -2.15. The second-order valence-corrected chi connectivity index (χ2v) is 7.76. The van der Waals surface area contributed by atoms with Crippen molar-refractivity contribution in [2.45, 2.75) is 32.3 Å². The summed E-state index contributed by atoms with van der Waals surface area (Å²) in [6.07, 6.45) is 1.51. The SMILES string of the molecule is C[C@H](OC(=O)c1ccccc1NCCO)C(=O)Nc1sc2c(c1C(N)=O)CCC2. The molecule has 0 aliphatic heterocycles. The highest BCUT2D eigenvalue weighted by atomic mass is 32.1. The summed E-state index contributed by atoms with van der Waals surface area (Å²) in [6, 6.07) is 6.68. The number of esters is 1. The third kappa shape index (κ3) is 4.57. The van der Waals surface area contributed by atoms with Gasteiger partial charge in [-0.05, 0) is 43.9 Å². The van der Waals surface area contributed by atoms with Crippen LogP contribution in [0.2, 0.25) is 0 Å². The van der Waals surface area contributed by atoms with Gasteiger partial charge in [-0.3, -0.25) is 9.59 Å². The Morgan fingerprint density at radius 1 is 1.28 bits per heavy atom. The van der Waals surface area contributed by atoms with E-state index in [1.807, 2.05) is 0 Å². The van der Waals surface area contributed by atoms with E-state index in [2.05, 4.69) is 10.6 Å². The summed E-state index contributed by atoms with van der Waals surface area (Å²) in [4.78, 5) is 38.0. The lowest BCUT2D eigenvalue weighted by atomic mass is 10.1. The molecule has 8 nitrogen and oxygen atoms in total. The number of aliphatic hydroxyl groups is 1. The van der Waals surface area contributed by atoms with Gasteiger partial charge < -0.3 is 26.2 Å². The summed E-state index contributed by atoms with van der Waals surface area (Å²) in [5, 5.41) is 15.0. The molecule has 1 heterocycles. The first-order chi connectivity index (χ1) is 13.9. The van der Waals surface area contributed by atoms with Gasteiger partial charge in [0, 0.05) is 17.1 Å². The maximum absolute atomic E-state index is 12.6. The average molecular weight is 417 g/mol. The number of aryl methyl sites for hydroxylation is 1. The average Bonchev–Trinajstić information content (AvgIpc) is 3.26. The van der Waals surface area contributed by atoms with Crippen LogP contribution in [0, 0.1) is 0 Å². The number of amides is 2. The number of thiophene rings is 1. The number of fused-ring (bicyclic) bond motifs is 1. The molecule has 0 saturated heterocycles. The molecular formula is C20H23N3O5S. The number of para-hydroxylation sites is 1. The van der Waals surface area contributed by atoms with Crippen molar-refractivity contribution in [3.63, 3.8) is 0 Å². The van der Waals surface area contributed by atoms with Crippen LogP contribution in [0.3, 0.4) is 0 Å². The van der Waals surface area contributed by atoms with Gasteiger partial charge in [0.05, 0.1) is 17.7 Å². The van der Waals surface area contributed by atoms with Crippen molar-refractivity contribution in [2.75, 3.05) is 23.8 Å². The molecule has 29 heavy (non-hydrogen) atoms. The van der Waals surface area contributed by atoms with Crippen LogP contribution in [0.1, 0.15) is 44.5 Å². The molecule has 1 aliphatic rings. The number of carbonyl (C=O) groups excluding carboxylic acids is 3. The van der Waals surface area contributed by atoms with Crippen LogP contribution in [-0.2, 0) is 22.4 Å². The summed E-state index contributed by atoms with van der Waals surface area (Å²) >= 11 is 1.34. The number of hydrogen-bond donors (Lipinski definition) is 4. The van der Waals surface area contributed by atoms with Crippen molar-refractivity contribution in [3.8, 4) is 0 Å². The van der Waals surface area contributed by atoms with Gasteiger partial charge in [-0.1, -0.05) is 12.1 Å². The predicted octanol–water partition coefficient (Wildman–Crippen LogP) is 1.92. The number of nitrogens with one attached hydrogen (secondary N) is 2. The van der Waals surface area contributed by atoms with E-state index in [0.717, 1.165) is 29.7 Å². The Bertz CT molecular complexity index is 940. The Labute approximate surface area is 172 Å². The molecule has 0 spiro atoms. The van der Waals surface area contributed by atoms with Crippen LogP contribution in [0.25, 0.3) is 0 Å². The second kappa shape index (κ2) is 9.06. The van der Waals surface area contributed by atoms with E-state index in [1.165, 1.54) is 18.3 Å². The highest BCUT2D eigenvalue weighted by Crippen LogP contribution is 2.38. The minimum absolute atomic E-state index is 0.0881. The number of aliphatic hydroxyl groups excluding tert-OH is 1. The topological polar surface area (TPSA) is 131 Å². The Morgan fingerprint density at radius 2 is 2.03 bits per heavy atom. The first kappa shape index (κ1) is 20.8. The Morgan fingerprint density at radius 3 is 2.76 bits per heavy atom. The molecule has 1 aromatic carbocycles. The molecule has 9 heteroatoms. The Kier molecular flexibility index (Phi) is 6.50. The molecule has 0 unspecified atom stereocenters. The van der Waals surface area contributed by atoms with E-state index < -0.39 is 23.9 Å². The van der Waals surface area contributed by atoms with E-state index in [4.69, 9.17) is 15.6 Å². The summed E-state index contributed by atoms with van der Waals surface area (Å²) in [6.45, 7) is 1.65. The molecule has 154 valence electrons. The minimum atomic E-state index is -1.08. The summed E-state index contributed by atoms with van der Waals surface area (Å²) in [7, 11) is 0. The second-order valence-electron chi connectivity index (χ2n) is 6.66. The van der Waals surface area contributed by atoms with Gasteiger partial charge in [0.15, 0.2) is 6.10 Å². The number of primary amides is 1. The monoisotopic (exact) mass is 417 g/mol. The van der Waals surface area contributed by atoms with Crippen molar-refractivity contribution >= 4 is 39.8 Å².